The van der Waals surface area contributed by atoms with Gasteiger partial charge < -0.3 is 9.30 Å². The number of aromatic nitrogens is 5. The largest absolute Gasteiger partial charge is 0.494 e. The van der Waals surface area contributed by atoms with E-state index in [1.807, 2.05) is 6.07 Å². The van der Waals surface area contributed by atoms with E-state index in [-0.39, 0.29) is 11.1 Å². The van der Waals surface area contributed by atoms with Crippen LogP contribution < -0.4 is 10.2 Å². The summed E-state index contributed by atoms with van der Waals surface area (Å²) in [5, 5.41) is 9.38. The molecule has 0 spiro atoms. The van der Waals surface area contributed by atoms with Gasteiger partial charge in [-0.1, -0.05) is 17.7 Å². The summed E-state index contributed by atoms with van der Waals surface area (Å²) in [6, 6.07) is 15.1. The number of ether oxygens (including phenoxy) is 1. The van der Waals surface area contributed by atoms with Crippen LogP contribution in [0.15, 0.2) is 84.2 Å². The minimum atomic E-state index is -0.953. The number of benzene rings is 2. The number of methoxy groups -OCH3 is 1. The van der Waals surface area contributed by atoms with E-state index in [1.165, 1.54) is 28.6 Å². The molecule has 0 saturated carbocycles. The maximum atomic E-state index is 13.5. The molecule has 0 N–H and O–H groups in total. The molecular weight excluding hydrogens is 464 g/mol. The predicted molar refractivity (Wildman–Crippen MR) is 123 cm³/mol. The average Bonchev–Trinajstić information content (AvgIpc) is 3.46. The van der Waals surface area contributed by atoms with Crippen molar-refractivity contribution in [2.45, 2.75) is 0 Å². The average molecular weight is 480 g/mol. The highest BCUT2D eigenvalue weighted by atomic mass is 35.5. The Labute approximate surface area is 197 Å². The van der Waals surface area contributed by atoms with Crippen LogP contribution >= 0.6 is 11.6 Å². The van der Waals surface area contributed by atoms with Crippen molar-refractivity contribution in [2.75, 3.05) is 7.11 Å². The molecule has 0 amide bonds. The van der Waals surface area contributed by atoms with E-state index >= 15 is 0 Å². The zero-order chi connectivity index (χ0) is 23.8. The second-order valence-electron chi connectivity index (χ2n) is 7.30. The van der Waals surface area contributed by atoms with Gasteiger partial charge in [-0.15, -0.1) is 0 Å². The summed E-state index contributed by atoms with van der Waals surface area (Å²) in [6.45, 7) is 0. The molecule has 5 rings (SSSR count). The van der Waals surface area contributed by atoms with Gasteiger partial charge in [0.25, 0.3) is 0 Å². The maximum Gasteiger partial charge on any atom is 0.209 e. The van der Waals surface area contributed by atoms with Crippen LogP contribution in [0.5, 0.6) is 5.75 Å². The third-order valence-electron chi connectivity index (χ3n) is 5.19. The summed E-state index contributed by atoms with van der Waals surface area (Å²) in [4.78, 5) is 12.7. The summed E-state index contributed by atoms with van der Waals surface area (Å²) in [6.07, 6.45) is 5.16. The maximum absolute atomic E-state index is 13.5. The van der Waals surface area contributed by atoms with Gasteiger partial charge in [-0.05, 0) is 36.4 Å². The number of rotatable bonds is 5. The van der Waals surface area contributed by atoms with Crippen LogP contribution in [0.3, 0.4) is 0 Å². The zero-order valence-electron chi connectivity index (χ0n) is 17.7. The van der Waals surface area contributed by atoms with Crippen molar-refractivity contribution >= 4 is 11.6 Å². The van der Waals surface area contributed by atoms with Gasteiger partial charge in [-0.2, -0.15) is 10.2 Å². The standard InChI is InChI=1S/C24H16ClF2N5O2/c1-34-23-12-16(30-13-18(26)19(27)14-30)5-6-20(23)31-10-8-22(33)24(29-31)21-7-9-28-32(21)17-4-2-3-15(25)11-17/h2-14H,1H3. The summed E-state index contributed by atoms with van der Waals surface area (Å²) in [7, 11) is 1.47. The first-order chi connectivity index (χ1) is 16.4. The molecule has 0 aliphatic rings. The topological polar surface area (TPSA) is 66.9 Å². The summed E-state index contributed by atoms with van der Waals surface area (Å²) in [5.74, 6) is -1.52. The first kappa shape index (κ1) is 21.6. The Morgan fingerprint density at radius 3 is 2.50 bits per heavy atom. The van der Waals surface area contributed by atoms with Crippen LogP contribution in [0.4, 0.5) is 8.78 Å². The molecule has 0 unspecified atom stereocenters. The molecule has 3 heterocycles. The number of halogens is 3. The van der Waals surface area contributed by atoms with Crippen LogP contribution in [0.1, 0.15) is 0 Å². The van der Waals surface area contributed by atoms with Gasteiger partial charge in [-0.3, -0.25) is 4.79 Å². The lowest BCUT2D eigenvalue weighted by Crippen LogP contribution is -2.15. The molecule has 0 fully saturated rings. The Kier molecular flexibility index (Phi) is 5.46. The molecule has 5 aromatic rings. The Hall–Kier alpha value is -4.24. The first-order valence-electron chi connectivity index (χ1n) is 10.1. The van der Waals surface area contributed by atoms with Crippen molar-refractivity contribution in [2.24, 2.45) is 0 Å². The second-order valence-corrected chi connectivity index (χ2v) is 7.74. The van der Waals surface area contributed by atoms with E-state index in [1.54, 1.807) is 53.3 Å². The van der Waals surface area contributed by atoms with E-state index in [4.69, 9.17) is 16.3 Å². The molecule has 2 aromatic carbocycles. The summed E-state index contributed by atoms with van der Waals surface area (Å²) >= 11 is 6.12. The minimum Gasteiger partial charge on any atom is -0.494 e. The summed E-state index contributed by atoms with van der Waals surface area (Å²) in [5.41, 5.74) is 2.04. The molecule has 0 saturated heterocycles. The molecule has 170 valence electrons. The Balaban J connectivity index is 1.59. The van der Waals surface area contributed by atoms with Gasteiger partial charge in [-0.25, -0.2) is 18.1 Å². The van der Waals surface area contributed by atoms with Crippen LogP contribution in [0, 0.1) is 11.6 Å². The van der Waals surface area contributed by atoms with Crippen molar-refractivity contribution < 1.29 is 13.5 Å². The van der Waals surface area contributed by atoms with E-state index < -0.39 is 11.6 Å². The monoisotopic (exact) mass is 479 g/mol. The zero-order valence-corrected chi connectivity index (χ0v) is 18.4. The van der Waals surface area contributed by atoms with Crippen molar-refractivity contribution in [1.82, 2.24) is 24.1 Å². The lowest BCUT2D eigenvalue weighted by Gasteiger charge is -2.14. The Morgan fingerprint density at radius 1 is 0.971 bits per heavy atom. The van der Waals surface area contributed by atoms with Gasteiger partial charge in [0.1, 0.15) is 11.4 Å². The predicted octanol–water partition coefficient (Wildman–Crippen LogP) is 4.82. The molecule has 0 aliphatic heterocycles. The minimum absolute atomic E-state index is 0.167. The van der Waals surface area contributed by atoms with Crippen LogP contribution in [-0.4, -0.2) is 31.2 Å². The van der Waals surface area contributed by atoms with E-state index in [9.17, 15) is 13.6 Å². The fourth-order valence-electron chi connectivity index (χ4n) is 3.59. The fourth-order valence-corrected chi connectivity index (χ4v) is 3.77. The fraction of sp³-hybridized carbons (Fsp3) is 0.0417. The van der Waals surface area contributed by atoms with Gasteiger partial charge in [0, 0.05) is 41.4 Å². The Bertz CT molecular complexity index is 1550. The van der Waals surface area contributed by atoms with Gasteiger partial charge in [0.2, 0.25) is 5.43 Å². The third kappa shape index (κ3) is 3.86. The molecule has 0 bridgehead atoms. The molecule has 7 nitrogen and oxygen atoms in total. The van der Waals surface area contributed by atoms with Crippen LogP contribution in [0.2, 0.25) is 5.02 Å². The smallest absolute Gasteiger partial charge is 0.209 e. The van der Waals surface area contributed by atoms with E-state index in [2.05, 4.69) is 10.2 Å². The summed E-state index contributed by atoms with van der Waals surface area (Å²) < 4.78 is 36.8. The van der Waals surface area contributed by atoms with Gasteiger partial charge in [0.15, 0.2) is 17.3 Å². The Morgan fingerprint density at radius 2 is 1.76 bits per heavy atom. The van der Waals surface area contributed by atoms with Crippen LogP contribution in [0.25, 0.3) is 28.5 Å². The lowest BCUT2D eigenvalue weighted by atomic mass is 10.2. The molecular formula is C24H16ClF2N5O2. The molecule has 34 heavy (non-hydrogen) atoms. The first-order valence-corrected chi connectivity index (χ1v) is 10.4. The number of hydrogen-bond donors (Lipinski definition) is 0. The highest BCUT2D eigenvalue weighted by Gasteiger charge is 2.16. The second kappa shape index (κ2) is 8.60. The molecule has 3 aromatic heterocycles. The lowest BCUT2D eigenvalue weighted by molar-refractivity contribution is 0.411. The molecule has 0 atom stereocenters. The number of nitrogens with zero attached hydrogens (tertiary/aromatic N) is 5. The van der Waals surface area contributed by atoms with Crippen molar-refractivity contribution in [3.05, 3.63) is 106 Å². The normalized spacial score (nSPS) is 11.1. The van der Waals surface area contributed by atoms with Crippen molar-refractivity contribution in [1.29, 1.82) is 0 Å². The van der Waals surface area contributed by atoms with Crippen molar-refractivity contribution in [3.63, 3.8) is 0 Å². The molecule has 0 radical (unpaired) electrons. The van der Waals surface area contributed by atoms with Gasteiger partial charge in [0.05, 0.1) is 24.7 Å². The van der Waals surface area contributed by atoms with Crippen molar-refractivity contribution in [3.8, 4) is 34.2 Å². The molecule has 0 aliphatic carbocycles. The number of hydrogen-bond acceptors (Lipinski definition) is 4. The quantitative estimate of drug-likeness (QED) is 0.362. The molecule has 10 heteroatoms. The SMILES string of the molecule is COc1cc(-n2cc(F)c(F)c2)ccc1-n1ccc(=O)c(-c2ccnn2-c2cccc(Cl)c2)n1. The van der Waals surface area contributed by atoms with Crippen LogP contribution in [-0.2, 0) is 0 Å². The van der Waals surface area contributed by atoms with E-state index in [0.717, 1.165) is 12.4 Å². The highest BCUT2D eigenvalue weighted by Crippen LogP contribution is 2.27. The third-order valence-corrected chi connectivity index (χ3v) is 5.42. The van der Waals surface area contributed by atoms with E-state index in [0.29, 0.717) is 33.5 Å². The van der Waals surface area contributed by atoms with Gasteiger partial charge >= 0.3 is 0 Å². The highest BCUT2D eigenvalue weighted by molar-refractivity contribution is 6.30.